The van der Waals surface area contributed by atoms with Crippen LogP contribution >= 0.6 is 11.3 Å². The van der Waals surface area contributed by atoms with Gasteiger partial charge >= 0.3 is 0 Å². The molecule has 2 aromatic rings. The summed E-state index contributed by atoms with van der Waals surface area (Å²) in [6.45, 7) is 4.28. The van der Waals surface area contributed by atoms with Gasteiger partial charge in [-0.2, -0.15) is 5.26 Å². The number of rotatable bonds is 1. The number of hydrogen-bond acceptors (Lipinski definition) is 7. The van der Waals surface area contributed by atoms with Gasteiger partial charge in [0.25, 0.3) is 0 Å². The fourth-order valence-corrected chi connectivity index (χ4v) is 7.42. The molecule has 4 aliphatic rings. The standard InChI is InChI=1S/C27H27N5OS/c1-27(2)11-18-23(19(33)12-27)21(15-7-6-10-30-14-15)17(13-28)25-31-24(29)22-16-8-4-3-5-9-20(16)34-26(22)32(18)25/h6-7,10,14,21H,3-5,8-9,11-12H2,1-2H3,(H2,29,31)/t21-/m0/s1. The first kappa shape index (κ1) is 21.3. The van der Waals surface area contributed by atoms with Gasteiger partial charge in [0.1, 0.15) is 10.8 Å². The Bertz CT molecular complexity index is 1360. The lowest BCUT2D eigenvalue weighted by Gasteiger charge is -2.44. The van der Waals surface area contributed by atoms with E-state index in [2.05, 4.69) is 29.8 Å². The molecular weight excluding hydrogens is 442 g/mol. The molecule has 0 amide bonds. The number of carbonyl (C=O) groups excluding carboxylic acids is 1. The molecule has 0 aromatic carbocycles. The van der Waals surface area contributed by atoms with Crippen LogP contribution in [0.5, 0.6) is 0 Å². The van der Waals surface area contributed by atoms with Crippen molar-refractivity contribution in [1.29, 1.82) is 5.26 Å². The van der Waals surface area contributed by atoms with Gasteiger partial charge in [-0.3, -0.25) is 14.7 Å². The zero-order chi connectivity index (χ0) is 23.6. The summed E-state index contributed by atoms with van der Waals surface area (Å²) in [5, 5.41) is 11.4. The number of nitrogens with zero attached hydrogens (tertiary/aromatic N) is 4. The van der Waals surface area contributed by atoms with E-state index in [-0.39, 0.29) is 11.2 Å². The summed E-state index contributed by atoms with van der Waals surface area (Å²) in [6, 6.07) is 6.21. The van der Waals surface area contributed by atoms with E-state index in [1.807, 2.05) is 12.1 Å². The third-order valence-electron chi connectivity index (χ3n) is 7.42. The number of allylic oxidation sites excluding steroid dienone is 3. The lowest BCUT2D eigenvalue weighted by atomic mass is 9.68. The molecule has 1 atom stereocenters. The zero-order valence-corrected chi connectivity index (χ0v) is 20.3. The molecule has 4 heterocycles. The Kier molecular flexibility index (Phi) is 4.79. The molecular formula is C27H27N5OS. The van der Waals surface area contributed by atoms with Crippen LogP contribution < -0.4 is 10.6 Å². The van der Waals surface area contributed by atoms with Crippen molar-refractivity contribution in [2.45, 2.75) is 64.7 Å². The van der Waals surface area contributed by atoms with Gasteiger partial charge in [0.05, 0.1) is 23.1 Å². The fourth-order valence-electron chi connectivity index (χ4n) is 5.99. The van der Waals surface area contributed by atoms with Gasteiger partial charge in [0.2, 0.25) is 0 Å². The highest BCUT2D eigenvalue weighted by Gasteiger charge is 2.47. The number of anilines is 1. The van der Waals surface area contributed by atoms with Gasteiger partial charge in [0, 0.05) is 35.0 Å². The number of aromatic nitrogens is 1. The Labute approximate surface area is 203 Å². The van der Waals surface area contributed by atoms with Crippen LogP contribution in [0.3, 0.4) is 0 Å². The topological polar surface area (TPSA) is 95.4 Å². The van der Waals surface area contributed by atoms with Crippen LogP contribution in [0.1, 0.15) is 73.4 Å². The maximum atomic E-state index is 13.7. The van der Waals surface area contributed by atoms with Crippen LogP contribution in [0.4, 0.5) is 5.00 Å². The van der Waals surface area contributed by atoms with E-state index < -0.39 is 5.92 Å². The van der Waals surface area contributed by atoms with Crippen molar-refractivity contribution in [3.8, 4) is 6.07 Å². The quantitative estimate of drug-likeness (QED) is 0.585. The van der Waals surface area contributed by atoms with Gasteiger partial charge in [0.15, 0.2) is 11.6 Å². The Morgan fingerprint density at radius 1 is 1.24 bits per heavy atom. The normalized spacial score (nSPS) is 23.3. The molecule has 6 nitrogen and oxygen atoms in total. The number of thiophene rings is 1. The van der Waals surface area contributed by atoms with Gasteiger partial charge in [-0.15, -0.1) is 11.3 Å². The number of nitrogens with two attached hydrogens (primary N) is 1. The smallest absolute Gasteiger partial charge is 0.162 e. The van der Waals surface area contributed by atoms with Crippen molar-refractivity contribution >= 4 is 28.0 Å². The Morgan fingerprint density at radius 3 is 2.82 bits per heavy atom. The fraction of sp³-hybridized carbons (Fsp3) is 0.407. The average molecular weight is 470 g/mol. The van der Waals surface area contributed by atoms with Crippen molar-refractivity contribution in [2.75, 3.05) is 4.90 Å². The second-order valence-corrected chi connectivity index (χ2v) is 11.5. The molecule has 0 spiro atoms. The van der Waals surface area contributed by atoms with E-state index in [4.69, 9.17) is 10.7 Å². The average Bonchev–Trinajstić information content (AvgIpc) is 3.01. The predicted molar refractivity (Wildman–Crippen MR) is 133 cm³/mol. The van der Waals surface area contributed by atoms with Crippen LogP contribution in [-0.2, 0) is 17.6 Å². The highest BCUT2D eigenvalue weighted by atomic mass is 32.1. The molecule has 0 bridgehead atoms. The summed E-state index contributed by atoms with van der Waals surface area (Å²) in [4.78, 5) is 26.3. The second-order valence-electron chi connectivity index (χ2n) is 10.4. The minimum absolute atomic E-state index is 0.106. The number of ketones is 1. The summed E-state index contributed by atoms with van der Waals surface area (Å²) in [6.07, 6.45) is 10.3. The highest BCUT2D eigenvalue weighted by molar-refractivity contribution is 7.17. The Hall–Kier alpha value is -3.24. The van der Waals surface area contributed by atoms with Crippen LogP contribution in [0.15, 0.2) is 52.2 Å². The molecule has 172 valence electrons. The molecule has 2 aliphatic heterocycles. The second kappa shape index (κ2) is 7.64. The molecule has 2 aromatic heterocycles. The number of aliphatic imine (C=N–C) groups is 1. The van der Waals surface area contributed by atoms with Crippen LogP contribution in [-0.4, -0.2) is 16.6 Å². The third kappa shape index (κ3) is 3.08. The maximum Gasteiger partial charge on any atom is 0.162 e. The van der Waals surface area contributed by atoms with Gasteiger partial charge < -0.3 is 5.73 Å². The molecule has 2 aliphatic carbocycles. The van der Waals surface area contributed by atoms with Gasteiger partial charge in [-0.25, -0.2) is 4.99 Å². The van der Waals surface area contributed by atoms with E-state index in [1.54, 1.807) is 23.7 Å². The van der Waals surface area contributed by atoms with E-state index in [0.717, 1.165) is 53.1 Å². The first-order chi connectivity index (χ1) is 16.4. The summed E-state index contributed by atoms with van der Waals surface area (Å²) < 4.78 is 0. The van der Waals surface area contributed by atoms with Gasteiger partial charge in [-0.1, -0.05) is 26.3 Å². The van der Waals surface area contributed by atoms with Gasteiger partial charge in [-0.05, 0) is 54.7 Å². The van der Waals surface area contributed by atoms with Crippen LogP contribution in [0.2, 0.25) is 0 Å². The SMILES string of the molecule is CC1(C)CC(=O)C2=C(C1)N1C(=C(C#N)[C@@H]2c2cccnc2)N=C(N)c2c1sc1c2CCCCC1. The van der Waals surface area contributed by atoms with Crippen LogP contribution in [0.25, 0.3) is 0 Å². The van der Waals surface area contributed by atoms with Crippen molar-refractivity contribution in [3.05, 3.63) is 68.8 Å². The number of pyridine rings is 1. The minimum atomic E-state index is -0.473. The lowest BCUT2D eigenvalue weighted by Crippen LogP contribution is -2.41. The number of nitriles is 1. The molecule has 2 N–H and O–H groups in total. The summed E-state index contributed by atoms with van der Waals surface area (Å²) >= 11 is 1.77. The number of Topliss-reactive ketones (excluding diaryl/α,β-unsaturated/α-hetero) is 1. The molecule has 6 rings (SSSR count). The Morgan fingerprint density at radius 2 is 2.06 bits per heavy atom. The van der Waals surface area contributed by atoms with Crippen molar-refractivity contribution in [1.82, 2.24) is 4.98 Å². The van der Waals surface area contributed by atoms with Crippen molar-refractivity contribution < 1.29 is 4.79 Å². The molecule has 0 unspecified atom stereocenters. The van der Waals surface area contributed by atoms with Crippen LogP contribution in [0, 0.1) is 16.7 Å². The van der Waals surface area contributed by atoms with Crippen molar-refractivity contribution in [3.63, 3.8) is 0 Å². The molecule has 0 fully saturated rings. The molecule has 0 radical (unpaired) electrons. The van der Waals surface area contributed by atoms with Crippen molar-refractivity contribution in [2.24, 2.45) is 16.1 Å². The molecule has 34 heavy (non-hydrogen) atoms. The Balaban J connectivity index is 1.65. The van der Waals surface area contributed by atoms with E-state index in [1.165, 1.54) is 23.3 Å². The molecule has 7 heteroatoms. The largest absolute Gasteiger partial charge is 0.383 e. The summed E-state index contributed by atoms with van der Waals surface area (Å²) in [7, 11) is 0. The maximum absolute atomic E-state index is 13.7. The third-order valence-corrected chi connectivity index (χ3v) is 8.70. The minimum Gasteiger partial charge on any atom is -0.383 e. The highest BCUT2D eigenvalue weighted by Crippen LogP contribution is 2.55. The first-order valence-corrected chi connectivity index (χ1v) is 12.8. The summed E-state index contributed by atoms with van der Waals surface area (Å²) in [5.41, 5.74) is 11.8. The van der Waals surface area contributed by atoms with E-state index in [0.29, 0.717) is 23.7 Å². The van der Waals surface area contributed by atoms with E-state index in [9.17, 15) is 10.1 Å². The summed E-state index contributed by atoms with van der Waals surface area (Å²) in [5.74, 6) is 0.694. The number of hydrogen-bond donors (Lipinski definition) is 1. The predicted octanol–water partition coefficient (Wildman–Crippen LogP) is 5.11. The number of amidine groups is 1. The molecule has 0 saturated heterocycles. The monoisotopic (exact) mass is 469 g/mol. The number of aryl methyl sites for hydroxylation is 1. The molecule has 0 saturated carbocycles. The first-order valence-electron chi connectivity index (χ1n) is 12.0. The van der Waals surface area contributed by atoms with E-state index >= 15 is 0 Å². The number of fused-ring (bicyclic) bond motifs is 6. The number of carbonyl (C=O) groups is 1. The zero-order valence-electron chi connectivity index (χ0n) is 19.5. The lowest BCUT2D eigenvalue weighted by molar-refractivity contribution is -0.118.